The molecule has 1 aromatic carbocycles. The van der Waals surface area contributed by atoms with Crippen LogP contribution >= 0.6 is 0 Å². The van der Waals surface area contributed by atoms with Crippen LogP contribution in [0.25, 0.3) is 5.69 Å². The van der Waals surface area contributed by atoms with Gasteiger partial charge in [-0.25, -0.2) is 4.68 Å². The van der Waals surface area contributed by atoms with Crippen LogP contribution in [0.4, 0.5) is 0 Å². The van der Waals surface area contributed by atoms with Crippen molar-refractivity contribution >= 4 is 11.8 Å². The van der Waals surface area contributed by atoms with Gasteiger partial charge in [0.2, 0.25) is 11.8 Å². The highest BCUT2D eigenvalue weighted by Crippen LogP contribution is 2.34. The highest BCUT2D eigenvalue weighted by Gasteiger charge is 2.53. The second kappa shape index (κ2) is 11.5. The zero-order valence-corrected chi connectivity index (χ0v) is 23.2. The number of hydrogen-bond acceptors (Lipinski definition) is 4. The molecule has 0 aliphatic carbocycles. The Morgan fingerprint density at radius 3 is 2.49 bits per heavy atom. The summed E-state index contributed by atoms with van der Waals surface area (Å²) in [4.78, 5) is 31.1. The highest BCUT2D eigenvalue weighted by molar-refractivity contribution is 6.00. The molecule has 0 radical (unpaired) electrons. The van der Waals surface area contributed by atoms with Gasteiger partial charge in [0, 0.05) is 30.9 Å². The summed E-state index contributed by atoms with van der Waals surface area (Å²) in [6, 6.07) is 9.83. The number of rotatable bonds is 9. The lowest BCUT2D eigenvalue weighted by Gasteiger charge is -2.51. The van der Waals surface area contributed by atoms with Crippen molar-refractivity contribution in [2.75, 3.05) is 19.6 Å². The van der Waals surface area contributed by atoms with E-state index in [0.29, 0.717) is 31.7 Å². The van der Waals surface area contributed by atoms with Crippen molar-refractivity contribution in [3.05, 3.63) is 59.6 Å². The molecule has 7 heteroatoms. The van der Waals surface area contributed by atoms with Crippen LogP contribution in [-0.2, 0) is 16.0 Å². The van der Waals surface area contributed by atoms with Gasteiger partial charge in [0.05, 0.1) is 11.4 Å². The molecule has 0 saturated carbocycles. The summed E-state index contributed by atoms with van der Waals surface area (Å²) < 4.78 is 2.01. The van der Waals surface area contributed by atoms with Crippen LogP contribution in [-0.4, -0.2) is 62.6 Å². The molecule has 4 rings (SSSR count). The summed E-state index contributed by atoms with van der Waals surface area (Å²) in [5, 5.41) is 7.86. The van der Waals surface area contributed by atoms with Crippen molar-refractivity contribution in [3.8, 4) is 5.69 Å². The number of likely N-dealkylation sites (tertiary alicyclic amines) is 1. The molecule has 1 atom stereocenters. The van der Waals surface area contributed by atoms with Gasteiger partial charge in [-0.1, -0.05) is 51.5 Å². The van der Waals surface area contributed by atoms with Crippen LogP contribution < -0.4 is 5.32 Å². The molecule has 7 nitrogen and oxygen atoms in total. The average Bonchev–Trinajstić information content (AvgIpc) is 3.17. The number of para-hydroxylation sites is 1. The molecule has 37 heavy (non-hydrogen) atoms. The molecule has 1 N–H and O–H groups in total. The lowest BCUT2D eigenvalue weighted by molar-refractivity contribution is -0.161. The van der Waals surface area contributed by atoms with Crippen molar-refractivity contribution in [3.63, 3.8) is 0 Å². The number of piperidine rings is 1. The number of hydrogen-bond donors (Lipinski definition) is 1. The molecule has 2 amide bonds. The van der Waals surface area contributed by atoms with Gasteiger partial charge in [0.15, 0.2) is 0 Å². The number of amides is 2. The minimum absolute atomic E-state index is 0.0389. The molecule has 2 aromatic rings. The van der Waals surface area contributed by atoms with E-state index in [-0.39, 0.29) is 11.8 Å². The summed E-state index contributed by atoms with van der Waals surface area (Å²) in [5.74, 6) is 0.500. The molecular formula is C30H43N5O2. The Hall–Kier alpha value is -3.09. The molecule has 0 unspecified atom stereocenters. The van der Waals surface area contributed by atoms with Gasteiger partial charge >= 0.3 is 0 Å². The van der Waals surface area contributed by atoms with Crippen LogP contribution in [0, 0.1) is 19.8 Å². The van der Waals surface area contributed by atoms with Crippen LogP contribution in [0.2, 0.25) is 0 Å². The van der Waals surface area contributed by atoms with E-state index in [0.717, 1.165) is 49.4 Å². The molecule has 2 saturated heterocycles. The second-order valence-corrected chi connectivity index (χ2v) is 11.1. The number of aryl methyl sites for hydroxylation is 1. The molecule has 3 heterocycles. The monoisotopic (exact) mass is 505 g/mol. The molecular weight excluding hydrogens is 462 g/mol. The Bertz CT molecular complexity index is 1110. The smallest absolute Gasteiger partial charge is 0.246 e. The first-order valence-corrected chi connectivity index (χ1v) is 13.9. The number of carbonyl (C=O) groups is 2. The molecule has 1 spiro atoms. The Balaban J connectivity index is 1.42. The number of nitrogens with one attached hydrogen (secondary N) is 1. The third-order valence-corrected chi connectivity index (χ3v) is 7.96. The zero-order valence-electron chi connectivity index (χ0n) is 23.2. The number of carbonyl (C=O) groups excluding carboxylic acids is 2. The SMILES string of the molecule is CCCCN1C(=O)[C@H](CC(C)C)NC(=O)C12CCN(C=CCc1c(C)nn(-c3ccccc3)c1C)CC2. The maximum Gasteiger partial charge on any atom is 0.246 e. The van der Waals surface area contributed by atoms with Crippen LogP contribution in [0.15, 0.2) is 42.6 Å². The number of aromatic nitrogens is 2. The lowest BCUT2D eigenvalue weighted by Crippen LogP contribution is -2.72. The van der Waals surface area contributed by atoms with Crippen molar-refractivity contribution in [1.82, 2.24) is 24.9 Å². The summed E-state index contributed by atoms with van der Waals surface area (Å²) in [6.07, 6.45) is 9.12. The summed E-state index contributed by atoms with van der Waals surface area (Å²) in [6.45, 7) is 12.7. The van der Waals surface area contributed by atoms with E-state index in [2.05, 4.69) is 69.2 Å². The molecule has 2 aliphatic heterocycles. The predicted octanol–water partition coefficient (Wildman–Crippen LogP) is 4.55. The molecule has 2 fully saturated rings. The third kappa shape index (κ3) is 5.60. The second-order valence-electron chi connectivity index (χ2n) is 11.1. The third-order valence-electron chi connectivity index (χ3n) is 7.96. The zero-order chi connectivity index (χ0) is 26.6. The van der Waals surface area contributed by atoms with Gasteiger partial charge in [-0.3, -0.25) is 9.59 Å². The van der Waals surface area contributed by atoms with Gasteiger partial charge in [-0.2, -0.15) is 5.10 Å². The normalized spacial score (nSPS) is 19.9. The van der Waals surface area contributed by atoms with Gasteiger partial charge < -0.3 is 15.1 Å². The first-order chi connectivity index (χ1) is 17.8. The number of nitrogens with zero attached hydrogens (tertiary/aromatic N) is 4. The standard InChI is InChI=1S/C30H43N5O2/c1-6-7-18-34-28(36)27(21-22(2)3)31-29(37)30(34)15-19-33(20-16-30)17-11-14-26-23(4)32-35(24(26)5)25-12-9-8-10-13-25/h8-13,17,22,27H,6-7,14-16,18-21H2,1-5H3,(H,31,37)/t27-/m0/s1. The van der Waals surface area contributed by atoms with Crippen LogP contribution in [0.3, 0.4) is 0 Å². The summed E-state index contributed by atoms with van der Waals surface area (Å²) >= 11 is 0. The van der Waals surface area contributed by atoms with E-state index in [1.807, 2.05) is 27.8 Å². The highest BCUT2D eigenvalue weighted by atomic mass is 16.2. The molecule has 2 aliphatic rings. The fourth-order valence-electron chi connectivity index (χ4n) is 5.80. The number of piperazine rings is 1. The van der Waals surface area contributed by atoms with E-state index < -0.39 is 11.6 Å². The fraction of sp³-hybridized carbons (Fsp3) is 0.567. The van der Waals surface area contributed by atoms with E-state index in [1.54, 1.807) is 0 Å². The Morgan fingerprint density at radius 2 is 1.84 bits per heavy atom. The Morgan fingerprint density at radius 1 is 1.14 bits per heavy atom. The fourth-order valence-corrected chi connectivity index (χ4v) is 5.80. The Kier molecular flexibility index (Phi) is 8.40. The number of unbranched alkanes of at least 4 members (excludes halogenated alkanes) is 1. The van der Waals surface area contributed by atoms with Gasteiger partial charge in [-0.05, 0) is 70.2 Å². The maximum absolute atomic E-state index is 13.4. The molecule has 200 valence electrons. The van der Waals surface area contributed by atoms with Crippen molar-refractivity contribution in [2.45, 2.75) is 84.7 Å². The van der Waals surface area contributed by atoms with Gasteiger partial charge in [-0.15, -0.1) is 0 Å². The quantitative estimate of drug-likeness (QED) is 0.543. The van der Waals surface area contributed by atoms with Gasteiger partial charge in [0.25, 0.3) is 0 Å². The topological polar surface area (TPSA) is 70.5 Å². The average molecular weight is 506 g/mol. The summed E-state index contributed by atoms with van der Waals surface area (Å²) in [7, 11) is 0. The summed E-state index contributed by atoms with van der Waals surface area (Å²) in [5.41, 5.74) is 3.80. The van der Waals surface area contributed by atoms with Crippen molar-refractivity contribution in [2.24, 2.45) is 5.92 Å². The molecule has 1 aromatic heterocycles. The van der Waals surface area contributed by atoms with E-state index in [1.165, 1.54) is 5.56 Å². The largest absolute Gasteiger partial charge is 0.377 e. The Labute approximate surface area is 221 Å². The first-order valence-electron chi connectivity index (χ1n) is 13.9. The molecule has 0 bridgehead atoms. The van der Waals surface area contributed by atoms with Crippen molar-refractivity contribution in [1.29, 1.82) is 0 Å². The predicted molar refractivity (Wildman–Crippen MR) is 147 cm³/mol. The minimum Gasteiger partial charge on any atom is -0.377 e. The lowest BCUT2D eigenvalue weighted by atomic mass is 9.81. The van der Waals surface area contributed by atoms with Crippen molar-refractivity contribution < 1.29 is 9.59 Å². The maximum atomic E-state index is 13.4. The first kappa shape index (κ1) is 27.0. The minimum atomic E-state index is -0.714. The van der Waals surface area contributed by atoms with E-state index in [9.17, 15) is 9.59 Å². The number of allylic oxidation sites excluding steroid dienone is 1. The van der Waals surface area contributed by atoms with Gasteiger partial charge in [0.1, 0.15) is 11.6 Å². The van der Waals surface area contributed by atoms with Crippen LogP contribution in [0.1, 0.15) is 69.8 Å². The number of benzene rings is 1. The van der Waals surface area contributed by atoms with E-state index in [4.69, 9.17) is 5.10 Å². The van der Waals surface area contributed by atoms with Crippen LogP contribution in [0.5, 0.6) is 0 Å². The van der Waals surface area contributed by atoms with E-state index >= 15 is 0 Å².